The van der Waals surface area contributed by atoms with E-state index in [9.17, 15) is 14.0 Å². The molecule has 1 heterocycles. The van der Waals surface area contributed by atoms with Crippen molar-refractivity contribution in [2.24, 2.45) is 5.92 Å². The van der Waals surface area contributed by atoms with Gasteiger partial charge in [0.25, 0.3) is 5.91 Å². The van der Waals surface area contributed by atoms with Crippen LogP contribution in [-0.2, 0) is 4.79 Å². The molecule has 2 N–H and O–H groups in total. The van der Waals surface area contributed by atoms with Crippen LogP contribution in [0, 0.1) is 11.7 Å². The number of nitrogens with zero attached hydrogens (tertiary/aromatic N) is 1. The van der Waals surface area contributed by atoms with E-state index in [4.69, 9.17) is 5.11 Å². The SMILES string of the molecule is CC(NC(=O)c1cc(F)cc2cccnc12)C(C)C(=O)O. The number of carbonyl (C=O) groups excluding carboxylic acids is 1. The lowest BCUT2D eigenvalue weighted by molar-refractivity contribution is -0.141. The van der Waals surface area contributed by atoms with Crippen molar-refractivity contribution in [2.45, 2.75) is 19.9 Å². The monoisotopic (exact) mass is 290 g/mol. The van der Waals surface area contributed by atoms with Gasteiger partial charge in [0.15, 0.2) is 0 Å². The molecule has 21 heavy (non-hydrogen) atoms. The number of nitrogens with one attached hydrogen (secondary N) is 1. The van der Waals surface area contributed by atoms with Gasteiger partial charge < -0.3 is 10.4 Å². The van der Waals surface area contributed by atoms with Gasteiger partial charge in [0, 0.05) is 17.6 Å². The van der Waals surface area contributed by atoms with Crippen LogP contribution in [-0.4, -0.2) is 28.0 Å². The summed E-state index contributed by atoms with van der Waals surface area (Å²) in [6.45, 7) is 3.08. The highest BCUT2D eigenvalue weighted by Crippen LogP contribution is 2.18. The van der Waals surface area contributed by atoms with Crippen molar-refractivity contribution in [1.29, 1.82) is 0 Å². The van der Waals surface area contributed by atoms with Gasteiger partial charge in [-0.05, 0) is 32.0 Å². The standard InChI is InChI=1S/C15H15FN2O3/c1-8(15(20)21)9(2)18-14(19)12-7-11(16)6-10-4-3-5-17-13(10)12/h3-9H,1-2H3,(H,18,19)(H,20,21). The van der Waals surface area contributed by atoms with E-state index in [1.807, 2.05) is 0 Å². The summed E-state index contributed by atoms with van der Waals surface area (Å²) in [5.41, 5.74) is 0.474. The smallest absolute Gasteiger partial charge is 0.308 e. The highest BCUT2D eigenvalue weighted by Gasteiger charge is 2.22. The minimum absolute atomic E-state index is 0.0926. The molecule has 0 fully saturated rings. The Balaban J connectivity index is 2.33. The number of rotatable bonds is 4. The van der Waals surface area contributed by atoms with Crippen LogP contribution >= 0.6 is 0 Å². The normalized spacial score (nSPS) is 13.7. The van der Waals surface area contributed by atoms with E-state index in [1.165, 1.54) is 19.2 Å². The van der Waals surface area contributed by atoms with Gasteiger partial charge in [-0.2, -0.15) is 0 Å². The second-order valence-electron chi connectivity index (χ2n) is 4.92. The third kappa shape index (κ3) is 3.16. The Morgan fingerprint density at radius 2 is 2.05 bits per heavy atom. The number of benzene rings is 1. The molecule has 0 radical (unpaired) electrons. The molecule has 1 amide bonds. The number of aliphatic carboxylic acids is 1. The lowest BCUT2D eigenvalue weighted by Crippen LogP contribution is -2.40. The molecule has 2 aromatic rings. The first kappa shape index (κ1) is 14.9. The molecule has 0 saturated heterocycles. The minimum Gasteiger partial charge on any atom is -0.481 e. The Kier molecular flexibility index (Phi) is 4.16. The maximum Gasteiger partial charge on any atom is 0.308 e. The molecule has 0 aliphatic heterocycles. The highest BCUT2D eigenvalue weighted by molar-refractivity contribution is 6.05. The largest absolute Gasteiger partial charge is 0.481 e. The molecule has 6 heteroatoms. The van der Waals surface area contributed by atoms with Crippen LogP contribution in [0.15, 0.2) is 30.5 Å². The molecule has 0 spiro atoms. The number of carboxylic acids is 1. The topological polar surface area (TPSA) is 79.3 Å². The fraction of sp³-hybridized carbons (Fsp3) is 0.267. The lowest BCUT2D eigenvalue weighted by atomic mass is 10.0. The number of pyridine rings is 1. The van der Waals surface area contributed by atoms with Gasteiger partial charge in [0.05, 0.1) is 17.0 Å². The summed E-state index contributed by atoms with van der Waals surface area (Å²) in [6.07, 6.45) is 1.51. The average molecular weight is 290 g/mol. The van der Waals surface area contributed by atoms with Crippen LogP contribution in [0.25, 0.3) is 10.9 Å². The summed E-state index contributed by atoms with van der Waals surface area (Å²) >= 11 is 0. The molecule has 1 aromatic carbocycles. The van der Waals surface area contributed by atoms with E-state index >= 15 is 0 Å². The maximum absolute atomic E-state index is 13.6. The van der Waals surface area contributed by atoms with E-state index in [-0.39, 0.29) is 5.56 Å². The van der Waals surface area contributed by atoms with Crippen LogP contribution in [0.2, 0.25) is 0 Å². The maximum atomic E-state index is 13.6. The van der Waals surface area contributed by atoms with E-state index in [1.54, 1.807) is 19.1 Å². The Morgan fingerprint density at radius 3 is 2.71 bits per heavy atom. The van der Waals surface area contributed by atoms with Crippen LogP contribution in [0.1, 0.15) is 24.2 Å². The van der Waals surface area contributed by atoms with Crippen LogP contribution in [0.5, 0.6) is 0 Å². The summed E-state index contributed by atoms with van der Waals surface area (Å²) in [4.78, 5) is 27.2. The average Bonchev–Trinajstić information content (AvgIpc) is 2.45. The van der Waals surface area contributed by atoms with Crippen molar-refractivity contribution >= 4 is 22.8 Å². The second kappa shape index (κ2) is 5.87. The first-order valence-corrected chi connectivity index (χ1v) is 6.48. The van der Waals surface area contributed by atoms with E-state index in [0.717, 1.165) is 6.07 Å². The molecule has 2 rings (SSSR count). The van der Waals surface area contributed by atoms with Gasteiger partial charge in [-0.15, -0.1) is 0 Å². The molecule has 0 aliphatic carbocycles. The third-order valence-corrected chi connectivity index (χ3v) is 3.41. The third-order valence-electron chi connectivity index (χ3n) is 3.41. The zero-order chi connectivity index (χ0) is 15.6. The van der Waals surface area contributed by atoms with E-state index < -0.39 is 29.7 Å². The molecule has 0 bridgehead atoms. The first-order valence-electron chi connectivity index (χ1n) is 6.48. The molecule has 0 saturated carbocycles. The van der Waals surface area contributed by atoms with Gasteiger partial charge in [-0.3, -0.25) is 14.6 Å². The number of hydrogen-bond acceptors (Lipinski definition) is 3. The fourth-order valence-corrected chi connectivity index (χ4v) is 1.95. The van der Waals surface area contributed by atoms with E-state index in [0.29, 0.717) is 10.9 Å². The molecule has 2 unspecified atom stereocenters. The number of aromatic nitrogens is 1. The number of hydrogen-bond donors (Lipinski definition) is 2. The summed E-state index contributed by atoms with van der Waals surface area (Å²) in [5, 5.41) is 12.0. The molecular weight excluding hydrogens is 275 g/mol. The first-order chi connectivity index (χ1) is 9.90. The van der Waals surface area contributed by atoms with Gasteiger partial charge in [0.2, 0.25) is 0 Å². The van der Waals surface area contributed by atoms with Crippen molar-refractivity contribution in [1.82, 2.24) is 10.3 Å². The Hall–Kier alpha value is -2.50. The molecule has 5 nitrogen and oxygen atoms in total. The number of amides is 1. The van der Waals surface area contributed by atoms with Crippen molar-refractivity contribution < 1.29 is 19.1 Å². The Bertz CT molecular complexity index is 702. The summed E-state index contributed by atoms with van der Waals surface area (Å²) in [5.74, 6) is -2.84. The quantitative estimate of drug-likeness (QED) is 0.904. The van der Waals surface area contributed by atoms with Crippen molar-refractivity contribution in [3.8, 4) is 0 Å². The fourth-order valence-electron chi connectivity index (χ4n) is 1.95. The molecule has 1 aromatic heterocycles. The Labute approximate surface area is 120 Å². The minimum atomic E-state index is -1.01. The van der Waals surface area contributed by atoms with Crippen molar-refractivity contribution in [3.63, 3.8) is 0 Å². The van der Waals surface area contributed by atoms with Gasteiger partial charge in [-0.1, -0.05) is 6.07 Å². The predicted molar refractivity (Wildman–Crippen MR) is 75.4 cm³/mol. The zero-order valence-electron chi connectivity index (χ0n) is 11.6. The molecule has 0 aliphatic rings. The number of fused-ring (bicyclic) bond motifs is 1. The summed E-state index contributed by atoms with van der Waals surface area (Å²) in [6, 6.07) is 5.12. The summed E-state index contributed by atoms with van der Waals surface area (Å²) < 4.78 is 13.6. The van der Waals surface area contributed by atoms with Crippen LogP contribution in [0.4, 0.5) is 4.39 Å². The summed E-state index contributed by atoms with van der Waals surface area (Å²) in [7, 11) is 0. The molecule has 2 atom stereocenters. The lowest BCUT2D eigenvalue weighted by Gasteiger charge is -2.18. The van der Waals surface area contributed by atoms with Gasteiger partial charge >= 0.3 is 5.97 Å². The molecular formula is C15H15FN2O3. The van der Waals surface area contributed by atoms with Gasteiger partial charge in [0.1, 0.15) is 5.82 Å². The molecule has 110 valence electrons. The number of carboxylic acid groups (broad SMARTS) is 1. The second-order valence-corrected chi connectivity index (χ2v) is 4.92. The zero-order valence-corrected chi connectivity index (χ0v) is 11.6. The Morgan fingerprint density at radius 1 is 1.33 bits per heavy atom. The van der Waals surface area contributed by atoms with Crippen LogP contribution < -0.4 is 5.32 Å². The number of carbonyl (C=O) groups is 2. The van der Waals surface area contributed by atoms with Gasteiger partial charge in [-0.25, -0.2) is 4.39 Å². The van der Waals surface area contributed by atoms with Crippen LogP contribution in [0.3, 0.4) is 0 Å². The van der Waals surface area contributed by atoms with Crippen molar-refractivity contribution in [3.05, 3.63) is 41.8 Å². The highest BCUT2D eigenvalue weighted by atomic mass is 19.1. The predicted octanol–water partition coefficient (Wildman–Crippen LogP) is 2.21. The van der Waals surface area contributed by atoms with E-state index in [2.05, 4.69) is 10.3 Å². The number of halogens is 1. The van der Waals surface area contributed by atoms with Crippen molar-refractivity contribution in [2.75, 3.05) is 0 Å².